The molecule has 0 heterocycles. The van der Waals surface area contributed by atoms with Gasteiger partial charge >= 0.3 is 11.9 Å². The molecule has 1 saturated carbocycles. The fourth-order valence-electron chi connectivity index (χ4n) is 4.96. The number of sulfonamides is 1. The van der Waals surface area contributed by atoms with Gasteiger partial charge in [0.1, 0.15) is 6.10 Å². The highest BCUT2D eigenvalue weighted by atomic mass is 32.2. The molecule has 3 atom stereocenters. The van der Waals surface area contributed by atoms with E-state index >= 15 is 0 Å². The molecule has 0 bridgehead atoms. The van der Waals surface area contributed by atoms with E-state index in [0.29, 0.717) is 17.4 Å². The number of para-hydroxylation sites is 1. The minimum atomic E-state index is -4.00. The Kier molecular flexibility index (Phi) is 9.29. The van der Waals surface area contributed by atoms with Crippen molar-refractivity contribution in [3.8, 4) is 0 Å². The molecule has 1 fully saturated rings. The van der Waals surface area contributed by atoms with Crippen LogP contribution in [0, 0.1) is 24.7 Å². The zero-order valence-electron chi connectivity index (χ0n) is 23.5. The molecule has 38 heavy (non-hydrogen) atoms. The molecule has 8 heteroatoms. The van der Waals surface area contributed by atoms with Gasteiger partial charge in [-0.05, 0) is 72.3 Å². The molecule has 0 aliphatic heterocycles. The van der Waals surface area contributed by atoms with Crippen LogP contribution in [0.3, 0.4) is 0 Å². The van der Waals surface area contributed by atoms with E-state index in [1.807, 2.05) is 26.8 Å². The molecule has 3 rings (SSSR count). The summed E-state index contributed by atoms with van der Waals surface area (Å²) in [5.74, 6) is -0.275. The van der Waals surface area contributed by atoms with Gasteiger partial charge in [-0.2, -0.15) is 0 Å². The van der Waals surface area contributed by atoms with Crippen molar-refractivity contribution in [2.45, 2.75) is 84.1 Å². The second-order valence-electron chi connectivity index (χ2n) is 11.8. The van der Waals surface area contributed by atoms with Crippen molar-refractivity contribution < 1.29 is 27.5 Å². The molecule has 2 aromatic rings. The number of anilines is 1. The van der Waals surface area contributed by atoms with Gasteiger partial charge in [0.2, 0.25) is 0 Å². The third-order valence-electron chi connectivity index (χ3n) is 7.30. The summed E-state index contributed by atoms with van der Waals surface area (Å²) < 4.78 is 40.2. The molecule has 208 valence electrons. The predicted octanol–water partition coefficient (Wildman–Crippen LogP) is 6.25. The van der Waals surface area contributed by atoms with Gasteiger partial charge in [-0.1, -0.05) is 72.2 Å². The first-order valence-corrected chi connectivity index (χ1v) is 14.8. The standard InChI is InChI=1S/C30H41NO6S/c1-19(2)23-15-12-20(3)16-26(23)37-28(32)18-36-29(33)24-10-8-9-11-25(24)31-38(34,35)27-17-22(30(5,6)7)14-13-21(27)4/h8-11,13-14,17,19-20,23,26,31H,12,15-16,18H2,1-7H3. The Bertz CT molecular complexity index is 1260. The molecule has 1 aliphatic rings. The van der Waals surface area contributed by atoms with Crippen LogP contribution in [0.2, 0.25) is 0 Å². The zero-order chi connectivity index (χ0) is 28.3. The van der Waals surface area contributed by atoms with Crippen molar-refractivity contribution >= 4 is 27.6 Å². The Hall–Kier alpha value is -2.87. The Balaban J connectivity index is 1.72. The van der Waals surface area contributed by atoms with Crippen molar-refractivity contribution in [1.29, 1.82) is 0 Å². The summed E-state index contributed by atoms with van der Waals surface area (Å²) in [5.41, 5.74) is 1.32. The maximum Gasteiger partial charge on any atom is 0.344 e. The maximum atomic E-state index is 13.3. The molecule has 0 aromatic heterocycles. The SMILES string of the molecule is Cc1ccc(C(C)(C)C)cc1S(=O)(=O)Nc1ccccc1C(=O)OCC(=O)OC1CC(C)CCC1C(C)C. The smallest absolute Gasteiger partial charge is 0.344 e. The first-order valence-electron chi connectivity index (χ1n) is 13.3. The normalized spacial score (nSPS) is 20.2. The van der Waals surface area contributed by atoms with Crippen molar-refractivity contribution in [2.75, 3.05) is 11.3 Å². The number of hydrogen-bond donors (Lipinski definition) is 1. The molecule has 7 nitrogen and oxygen atoms in total. The third kappa shape index (κ3) is 7.37. The molecular weight excluding hydrogens is 502 g/mol. The highest BCUT2D eigenvalue weighted by Gasteiger charge is 2.33. The number of carbonyl (C=O) groups is 2. The summed E-state index contributed by atoms with van der Waals surface area (Å²) in [6.45, 7) is 13.6. The van der Waals surface area contributed by atoms with Crippen molar-refractivity contribution in [2.24, 2.45) is 17.8 Å². The Labute approximate surface area is 227 Å². The van der Waals surface area contributed by atoms with E-state index in [1.165, 1.54) is 12.1 Å². The van der Waals surface area contributed by atoms with Crippen LogP contribution in [0.15, 0.2) is 47.4 Å². The summed E-state index contributed by atoms with van der Waals surface area (Å²) in [4.78, 5) is 25.6. The molecule has 1 N–H and O–H groups in total. The lowest BCUT2D eigenvalue weighted by atomic mass is 9.75. The molecule has 0 saturated heterocycles. The van der Waals surface area contributed by atoms with Crippen LogP contribution in [0.5, 0.6) is 0 Å². The predicted molar refractivity (Wildman–Crippen MR) is 149 cm³/mol. The molecule has 0 radical (unpaired) electrons. The van der Waals surface area contributed by atoms with Gasteiger partial charge in [-0.15, -0.1) is 0 Å². The minimum absolute atomic E-state index is 0.0137. The average molecular weight is 544 g/mol. The van der Waals surface area contributed by atoms with Crippen LogP contribution in [-0.2, 0) is 29.7 Å². The number of hydrogen-bond acceptors (Lipinski definition) is 6. The van der Waals surface area contributed by atoms with Gasteiger partial charge in [-0.3, -0.25) is 4.72 Å². The van der Waals surface area contributed by atoms with E-state index in [1.54, 1.807) is 31.2 Å². The molecular formula is C30H41NO6S. The molecule has 0 amide bonds. The minimum Gasteiger partial charge on any atom is -0.460 e. The molecule has 1 aliphatic carbocycles. The van der Waals surface area contributed by atoms with Crippen LogP contribution in [0.1, 0.15) is 82.3 Å². The third-order valence-corrected chi connectivity index (χ3v) is 8.81. The van der Waals surface area contributed by atoms with Gasteiger partial charge in [0, 0.05) is 0 Å². The average Bonchev–Trinajstić information content (AvgIpc) is 2.82. The lowest BCUT2D eigenvalue weighted by Crippen LogP contribution is -2.36. The van der Waals surface area contributed by atoms with Crippen LogP contribution >= 0.6 is 0 Å². The molecule has 2 aromatic carbocycles. The second kappa shape index (κ2) is 11.9. The highest BCUT2D eigenvalue weighted by Crippen LogP contribution is 2.35. The second-order valence-corrected chi connectivity index (χ2v) is 13.5. The van der Waals surface area contributed by atoms with Gasteiger partial charge in [-0.25, -0.2) is 18.0 Å². The lowest BCUT2D eigenvalue weighted by molar-refractivity contribution is -0.159. The van der Waals surface area contributed by atoms with Gasteiger partial charge in [0.15, 0.2) is 6.61 Å². The van der Waals surface area contributed by atoms with Crippen LogP contribution in [0.4, 0.5) is 5.69 Å². The van der Waals surface area contributed by atoms with Crippen molar-refractivity contribution in [3.05, 3.63) is 59.2 Å². The van der Waals surface area contributed by atoms with E-state index in [0.717, 1.165) is 24.8 Å². The lowest BCUT2D eigenvalue weighted by Gasteiger charge is -2.36. The van der Waals surface area contributed by atoms with Crippen LogP contribution < -0.4 is 4.72 Å². The fraction of sp³-hybridized carbons (Fsp3) is 0.533. The summed E-state index contributed by atoms with van der Waals surface area (Å²) in [5, 5.41) is 0. The molecule has 0 spiro atoms. The molecule has 3 unspecified atom stereocenters. The van der Waals surface area contributed by atoms with Gasteiger partial charge < -0.3 is 9.47 Å². The van der Waals surface area contributed by atoms with Gasteiger partial charge in [0.25, 0.3) is 10.0 Å². The van der Waals surface area contributed by atoms with E-state index in [2.05, 4.69) is 25.5 Å². The number of nitrogens with one attached hydrogen (secondary N) is 1. The largest absolute Gasteiger partial charge is 0.460 e. The van der Waals surface area contributed by atoms with E-state index in [4.69, 9.17) is 9.47 Å². The van der Waals surface area contributed by atoms with Gasteiger partial charge in [0.05, 0.1) is 16.1 Å². The number of ether oxygens (including phenoxy) is 2. The van der Waals surface area contributed by atoms with E-state index in [-0.39, 0.29) is 33.6 Å². The van der Waals surface area contributed by atoms with Crippen molar-refractivity contribution in [1.82, 2.24) is 0 Å². The Morgan fingerprint density at radius 3 is 2.42 bits per heavy atom. The number of rotatable bonds is 8. The summed E-state index contributed by atoms with van der Waals surface area (Å²) in [6, 6.07) is 11.5. The number of carbonyl (C=O) groups excluding carboxylic acids is 2. The summed E-state index contributed by atoms with van der Waals surface area (Å²) in [6.07, 6.45) is 2.71. The summed E-state index contributed by atoms with van der Waals surface area (Å²) in [7, 11) is -4.00. The first kappa shape index (κ1) is 29.7. The van der Waals surface area contributed by atoms with E-state index < -0.39 is 28.6 Å². The Morgan fingerprint density at radius 1 is 1.08 bits per heavy atom. The van der Waals surface area contributed by atoms with E-state index in [9.17, 15) is 18.0 Å². The maximum absolute atomic E-state index is 13.3. The Morgan fingerprint density at radius 2 is 1.76 bits per heavy atom. The fourth-order valence-corrected chi connectivity index (χ4v) is 6.31. The van der Waals surface area contributed by atoms with Crippen LogP contribution in [0.25, 0.3) is 0 Å². The first-order chi connectivity index (χ1) is 17.7. The number of benzene rings is 2. The summed E-state index contributed by atoms with van der Waals surface area (Å²) >= 11 is 0. The number of esters is 2. The quantitative estimate of drug-likeness (QED) is 0.395. The van der Waals surface area contributed by atoms with Crippen molar-refractivity contribution in [3.63, 3.8) is 0 Å². The van der Waals surface area contributed by atoms with Crippen LogP contribution in [-0.4, -0.2) is 33.1 Å². The topological polar surface area (TPSA) is 98.8 Å². The monoisotopic (exact) mass is 543 g/mol. The number of aryl methyl sites for hydroxylation is 1. The zero-order valence-corrected chi connectivity index (χ0v) is 24.4. The highest BCUT2D eigenvalue weighted by molar-refractivity contribution is 7.92.